The first-order valence-electron chi connectivity index (χ1n) is 10.6. The molecule has 1 aliphatic rings. The van der Waals surface area contributed by atoms with Crippen molar-refractivity contribution >= 4 is 17.5 Å². The van der Waals surface area contributed by atoms with Crippen molar-refractivity contribution in [3.8, 4) is 5.75 Å². The van der Waals surface area contributed by atoms with Gasteiger partial charge < -0.3 is 15.0 Å². The van der Waals surface area contributed by atoms with Crippen molar-refractivity contribution in [2.24, 2.45) is 0 Å². The summed E-state index contributed by atoms with van der Waals surface area (Å²) in [5, 5.41) is 2.83. The van der Waals surface area contributed by atoms with Crippen LogP contribution in [-0.4, -0.2) is 25.0 Å². The lowest BCUT2D eigenvalue weighted by Gasteiger charge is -2.20. The highest BCUT2D eigenvalue weighted by atomic mass is 16.5. The number of hydrogen-bond acceptors (Lipinski definition) is 3. The van der Waals surface area contributed by atoms with Gasteiger partial charge in [0.2, 0.25) is 5.91 Å². The average molecular weight is 409 g/mol. The molecular weight excluding hydrogens is 376 g/mol. The molecule has 2 amide bonds. The normalized spacial score (nSPS) is 15.5. The quantitative estimate of drug-likeness (QED) is 0.674. The fourth-order valence-corrected chi connectivity index (χ4v) is 4.14. The van der Waals surface area contributed by atoms with Crippen molar-refractivity contribution in [3.63, 3.8) is 0 Å². The SMILES string of the molecule is CC(=O)NC1C(=O)N(CCCOc2cc(C)ccc2C(C)C)c2c(C)ccc(C)c21. The van der Waals surface area contributed by atoms with Crippen LogP contribution < -0.4 is 15.0 Å². The van der Waals surface area contributed by atoms with E-state index in [1.165, 1.54) is 18.1 Å². The highest BCUT2D eigenvalue weighted by Gasteiger charge is 2.39. The molecule has 0 fully saturated rings. The van der Waals surface area contributed by atoms with Gasteiger partial charge in [-0.15, -0.1) is 0 Å². The predicted molar refractivity (Wildman–Crippen MR) is 120 cm³/mol. The lowest BCUT2D eigenvalue weighted by Crippen LogP contribution is -2.37. The second kappa shape index (κ2) is 8.90. The highest BCUT2D eigenvalue weighted by Crippen LogP contribution is 2.40. The topological polar surface area (TPSA) is 58.6 Å². The van der Waals surface area contributed by atoms with E-state index in [0.717, 1.165) is 28.1 Å². The van der Waals surface area contributed by atoms with Crippen molar-refractivity contribution in [3.05, 3.63) is 58.1 Å². The van der Waals surface area contributed by atoms with Gasteiger partial charge in [0, 0.05) is 19.0 Å². The lowest BCUT2D eigenvalue weighted by molar-refractivity contribution is -0.126. The summed E-state index contributed by atoms with van der Waals surface area (Å²) >= 11 is 0. The van der Waals surface area contributed by atoms with Crippen LogP contribution in [0.1, 0.15) is 67.0 Å². The molecule has 0 spiro atoms. The summed E-state index contributed by atoms with van der Waals surface area (Å²) in [6.07, 6.45) is 0.705. The molecule has 2 aromatic rings. The fraction of sp³-hybridized carbons (Fsp3) is 0.440. The molecule has 2 aromatic carbocycles. The zero-order chi connectivity index (χ0) is 22.0. The molecule has 1 N–H and O–H groups in total. The first kappa shape index (κ1) is 21.9. The monoisotopic (exact) mass is 408 g/mol. The van der Waals surface area contributed by atoms with E-state index in [2.05, 4.69) is 44.3 Å². The lowest BCUT2D eigenvalue weighted by atomic mass is 9.99. The molecule has 0 saturated heterocycles. The number of rotatable bonds is 7. The van der Waals surface area contributed by atoms with E-state index < -0.39 is 6.04 Å². The number of aryl methyl sites for hydroxylation is 3. The van der Waals surface area contributed by atoms with Gasteiger partial charge in [0.25, 0.3) is 5.91 Å². The second-order valence-electron chi connectivity index (χ2n) is 8.48. The summed E-state index contributed by atoms with van der Waals surface area (Å²) < 4.78 is 6.10. The number of hydrogen-bond donors (Lipinski definition) is 1. The summed E-state index contributed by atoms with van der Waals surface area (Å²) in [6.45, 7) is 12.9. The fourth-order valence-electron chi connectivity index (χ4n) is 4.14. The first-order valence-corrected chi connectivity index (χ1v) is 10.6. The molecular formula is C25H32N2O3. The number of amides is 2. The Bertz CT molecular complexity index is 965. The third-order valence-electron chi connectivity index (χ3n) is 5.63. The van der Waals surface area contributed by atoms with Gasteiger partial charge in [-0.3, -0.25) is 9.59 Å². The maximum atomic E-state index is 13.1. The molecule has 3 rings (SSSR count). The van der Waals surface area contributed by atoms with Crippen LogP contribution in [0.2, 0.25) is 0 Å². The number of carbonyl (C=O) groups is 2. The van der Waals surface area contributed by atoms with Crippen LogP contribution in [0.5, 0.6) is 5.75 Å². The number of nitrogens with one attached hydrogen (secondary N) is 1. The molecule has 5 heteroatoms. The summed E-state index contributed by atoms with van der Waals surface area (Å²) in [6, 6.07) is 9.74. The molecule has 5 nitrogen and oxygen atoms in total. The van der Waals surface area contributed by atoms with Crippen LogP contribution in [0.3, 0.4) is 0 Å². The van der Waals surface area contributed by atoms with E-state index in [9.17, 15) is 9.59 Å². The van der Waals surface area contributed by atoms with Crippen molar-refractivity contribution in [1.82, 2.24) is 5.32 Å². The largest absolute Gasteiger partial charge is 0.493 e. The van der Waals surface area contributed by atoms with Crippen LogP contribution in [-0.2, 0) is 9.59 Å². The second-order valence-corrected chi connectivity index (χ2v) is 8.48. The minimum atomic E-state index is -0.609. The highest BCUT2D eigenvalue weighted by molar-refractivity contribution is 6.07. The number of carbonyl (C=O) groups excluding carboxylic acids is 2. The van der Waals surface area contributed by atoms with Crippen molar-refractivity contribution < 1.29 is 14.3 Å². The summed E-state index contributed by atoms with van der Waals surface area (Å²) in [5.41, 5.74) is 6.26. The Morgan fingerprint density at radius 1 is 1.13 bits per heavy atom. The van der Waals surface area contributed by atoms with E-state index in [1.807, 2.05) is 26.0 Å². The zero-order valence-electron chi connectivity index (χ0n) is 18.8. The molecule has 1 heterocycles. The maximum Gasteiger partial charge on any atom is 0.254 e. The van der Waals surface area contributed by atoms with Gasteiger partial charge in [0.05, 0.1) is 12.3 Å². The number of benzene rings is 2. The Balaban J connectivity index is 1.74. The van der Waals surface area contributed by atoms with E-state index in [0.29, 0.717) is 25.5 Å². The minimum absolute atomic E-state index is 0.0731. The van der Waals surface area contributed by atoms with Gasteiger partial charge in [-0.25, -0.2) is 0 Å². The Labute approximate surface area is 179 Å². The van der Waals surface area contributed by atoms with Gasteiger partial charge in [0.1, 0.15) is 11.8 Å². The van der Waals surface area contributed by atoms with Crippen LogP contribution >= 0.6 is 0 Å². The number of anilines is 1. The van der Waals surface area contributed by atoms with E-state index in [1.54, 1.807) is 4.90 Å². The van der Waals surface area contributed by atoms with Crippen molar-refractivity contribution in [2.45, 2.75) is 59.9 Å². The summed E-state index contributed by atoms with van der Waals surface area (Å²) in [7, 11) is 0. The minimum Gasteiger partial charge on any atom is -0.493 e. The Morgan fingerprint density at radius 2 is 1.83 bits per heavy atom. The molecule has 0 saturated carbocycles. The summed E-state index contributed by atoms with van der Waals surface area (Å²) in [5.74, 6) is 1.03. The number of fused-ring (bicyclic) bond motifs is 1. The molecule has 160 valence electrons. The Morgan fingerprint density at radius 3 is 2.50 bits per heavy atom. The van der Waals surface area contributed by atoms with Gasteiger partial charge >= 0.3 is 0 Å². The molecule has 0 bridgehead atoms. The van der Waals surface area contributed by atoms with Crippen LogP contribution in [0.4, 0.5) is 5.69 Å². The maximum absolute atomic E-state index is 13.1. The number of ether oxygens (including phenoxy) is 1. The smallest absolute Gasteiger partial charge is 0.254 e. The molecule has 0 aromatic heterocycles. The van der Waals surface area contributed by atoms with Gasteiger partial charge in [-0.05, 0) is 61.4 Å². The van der Waals surface area contributed by atoms with Crippen LogP contribution in [0.25, 0.3) is 0 Å². The third kappa shape index (κ3) is 4.35. The Hall–Kier alpha value is -2.82. The molecule has 1 unspecified atom stereocenters. The predicted octanol–water partition coefficient (Wildman–Crippen LogP) is 4.73. The third-order valence-corrected chi connectivity index (χ3v) is 5.63. The molecule has 1 aliphatic heterocycles. The van der Waals surface area contributed by atoms with Crippen molar-refractivity contribution in [1.29, 1.82) is 0 Å². The first-order chi connectivity index (χ1) is 14.2. The molecule has 1 atom stereocenters. The molecule has 0 aliphatic carbocycles. The summed E-state index contributed by atoms with van der Waals surface area (Å²) in [4.78, 5) is 26.6. The number of nitrogens with zero attached hydrogens (tertiary/aromatic N) is 1. The van der Waals surface area contributed by atoms with E-state index >= 15 is 0 Å². The average Bonchev–Trinajstić information content (AvgIpc) is 2.94. The standard InChI is InChI=1S/C25H32N2O3/c1-15(2)20-11-8-16(3)14-21(20)30-13-7-12-27-24-18(5)10-9-17(4)22(24)23(25(27)29)26-19(6)28/h8-11,14-15,23H,7,12-13H2,1-6H3,(H,26,28). The van der Waals surface area contributed by atoms with Crippen molar-refractivity contribution in [2.75, 3.05) is 18.1 Å². The molecule has 30 heavy (non-hydrogen) atoms. The van der Waals surface area contributed by atoms with Crippen LogP contribution in [0, 0.1) is 20.8 Å². The van der Waals surface area contributed by atoms with E-state index in [-0.39, 0.29) is 11.8 Å². The molecule has 0 radical (unpaired) electrons. The Kier molecular flexibility index (Phi) is 6.49. The van der Waals surface area contributed by atoms with Gasteiger partial charge in [-0.1, -0.05) is 38.1 Å². The van der Waals surface area contributed by atoms with Gasteiger partial charge in [0.15, 0.2) is 0 Å². The van der Waals surface area contributed by atoms with E-state index in [4.69, 9.17) is 4.74 Å². The zero-order valence-corrected chi connectivity index (χ0v) is 18.8. The van der Waals surface area contributed by atoms with Crippen LogP contribution in [0.15, 0.2) is 30.3 Å². The van der Waals surface area contributed by atoms with Gasteiger partial charge in [-0.2, -0.15) is 0 Å².